The largest absolute Gasteiger partial charge is 0.457 e. The average molecular weight is 491 g/mol. The van der Waals surface area contributed by atoms with Gasteiger partial charge in [-0.1, -0.05) is 60.1 Å². The minimum Gasteiger partial charge on any atom is -0.457 e. The lowest BCUT2D eigenvalue weighted by Crippen LogP contribution is -2.46. The van der Waals surface area contributed by atoms with E-state index in [4.69, 9.17) is 25.8 Å². The summed E-state index contributed by atoms with van der Waals surface area (Å²) in [5.41, 5.74) is 3.48. The van der Waals surface area contributed by atoms with Crippen LogP contribution in [0, 0.1) is 0 Å². The molecule has 7 nitrogen and oxygen atoms in total. The molecule has 0 saturated carbocycles. The lowest BCUT2D eigenvalue weighted by molar-refractivity contribution is -0.140. The van der Waals surface area contributed by atoms with Gasteiger partial charge in [-0.25, -0.2) is 9.59 Å². The quantitative estimate of drug-likeness (QED) is 0.452. The molecule has 2 amide bonds. The summed E-state index contributed by atoms with van der Waals surface area (Å²) in [6.07, 6.45) is 1.00. The van der Waals surface area contributed by atoms with Gasteiger partial charge in [-0.05, 0) is 53.8 Å². The molecule has 1 atom stereocenters. The fourth-order valence-electron chi connectivity index (χ4n) is 4.13. The van der Waals surface area contributed by atoms with Crippen molar-refractivity contribution in [2.45, 2.75) is 25.5 Å². The molecule has 2 N–H and O–H groups in total. The molecule has 2 aliphatic rings. The van der Waals surface area contributed by atoms with Crippen LogP contribution in [0.25, 0.3) is 0 Å². The second-order valence-corrected chi connectivity index (χ2v) is 8.66. The van der Waals surface area contributed by atoms with Gasteiger partial charge < -0.3 is 24.8 Å². The summed E-state index contributed by atoms with van der Waals surface area (Å²) >= 11 is 6.06. The van der Waals surface area contributed by atoms with E-state index in [9.17, 15) is 9.59 Å². The highest BCUT2D eigenvalue weighted by Crippen LogP contribution is 2.34. The Hall–Kier alpha value is -3.97. The molecular formula is C27H23ClN2O5. The fourth-order valence-corrected chi connectivity index (χ4v) is 4.25. The number of aryl methyl sites for hydroxylation is 1. The number of amides is 2. The highest BCUT2D eigenvalue weighted by molar-refractivity contribution is 6.30. The Morgan fingerprint density at radius 3 is 2.51 bits per heavy atom. The first-order chi connectivity index (χ1) is 17.1. The van der Waals surface area contributed by atoms with E-state index in [1.54, 1.807) is 24.3 Å². The molecule has 2 aliphatic heterocycles. The minimum absolute atomic E-state index is 0.125. The van der Waals surface area contributed by atoms with Gasteiger partial charge in [0.15, 0.2) is 11.5 Å². The SMILES string of the molecule is O=C1NC(CCc2ccc3c(c2)OCO3)=C(C(=O)OCc2ccccc2)C(c2ccc(Cl)cc2)N1. The normalized spacial score (nSPS) is 16.5. The summed E-state index contributed by atoms with van der Waals surface area (Å²) in [4.78, 5) is 25.9. The second-order valence-electron chi connectivity index (χ2n) is 8.22. The molecule has 0 fully saturated rings. The first kappa shape index (κ1) is 22.8. The Morgan fingerprint density at radius 2 is 1.71 bits per heavy atom. The monoisotopic (exact) mass is 490 g/mol. The molecule has 1 unspecified atom stereocenters. The van der Waals surface area contributed by atoms with E-state index >= 15 is 0 Å². The van der Waals surface area contributed by atoms with E-state index in [0.717, 1.165) is 16.7 Å². The third-order valence-electron chi connectivity index (χ3n) is 5.89. The maximum Gasteiger partial charge on any atom is 0.338 e. The standard InChI is InChI=1S/C27H23ClN2O5/c28-20-10-8-19(9-11-20)25-24(26(31)33-15-18-4-2-1-3-5-18)21(29-27(32)30-25)12-6-17-7-13-22-23(14-17)35-16-34-22/h1-5,7-11,13-14,25H,6,12,15-16H2,(H2,29,30,32). The van der Waals surface area contributed by atoms with Gasteiger partial charge in [0.25, 0.3) is 0 Å². The van der Waals surface area contributed by atoms with Crippen LogP contribution in [0.5, 0.6) is 11.5 Å². The van der Waals surface area contributed by atoms with Crippen LogP contribution in [0.1, 0.15) is 29.2 Å². The third-order valence-corrected chi connectivity index (χ3v) is 6.14. The van der Waals surface area contributed by atoms with Crippen molar-refractivity contribution in [2.24, 2.45) is 0 Å². The first-order valence-corrected chi connectivity index (χ1v) is 11.6. The van der Waals surface area contributed by atoms with Crippen LogP contribution < -0.4 is 20.1 Å². The van der Waals surface area contributed by atoms with E-state index < -0.39 is 12.0 Å². The number of allylic oxidation sites excluding steroid dienone is 1. The van der Waals surface area contributed by atoms with Gasteiger partial charge in [0.05, 0.1) is 11.6 Å². The molecule has 8 heteroatoms. The average Bonchev–Trinajstić information content (AvgIpc) is 3.35. The second kappa shape index (κ2) is 10.1. The number of urea groups is 1. The number of nitrogens with one attached hydrogen (secondary N) is 2. The molecule has 2 heterocycles. The summed E-state index contributed by atoms with van der Waals surface area (Å²) in [6.45, 7) is 0.325. The molecule has 178 valence electrons. The van der Waals surface area contributed by atoms with Gasteiger partial charge in [-0.2, -0.15) is 0 Å². The molecule has 3 aromatic carbocycles. The maximum atomic E-state index is 13.4. The highest BCUT2D eigenvalue weighted by atomic mass is 35.5. The van der Waals surface area contributed by atoms with Crippen LogP contribution in [0.15, 0.2) is 84.1 Å². The fraction of sp³-hybridized carbons (Fsp3) is 0.185. The smallest absolute Gasteiger partial charge is 0.338 e. The Kier molecular flexibility index (Phi) is 6.59. The lowest BCUT2D eigenvalue weighted by atomic mass is 9.93. The number of halogens is 1. The molecular weight excluding hydrogens is 468 g/mol. The number of carbonyl (C=O) groups is 2. The molecule has 0 spiro atoms. The van der Waals surface area contributed by atoms with Crippen molar-refractivity contribution >= 4 is 23.6 Å². The molecule has 0 aliphatic carbocycles. The lowest BCUT2D eigenvalue weighted by Gasteiger charge is -2.29. The van der Waals surface area contributed by atoms with E-state index in [0.29, 0.717) is 40.6 Å². The van der Waals surface area contributed by atoms with Crippen molar-refractivity contribution in [2.75, 3.05) is 6.79 Å². The van der Waals surface area contributed by atoms with E-state index in [2.05, 4.69) is 10.6 Å². The van der Waals surface area contributed by atoms with Gasteiger partial charge in [0.2, 0.25) is 6.79 Å². The summed E-state index contributed by atoms with van der Waals surface area (Å²) in [6, 6.07) is 21.2. The van der Waals surface area contributed by atoms with Gasteiger partial charge >= 0.3 is 12.0 Å². The Labute approximate surface area is 207 Å². The zero-order valence-corrected chi connectivity index (χ0v) is 19.5. The van der Waals surface area contributed by atoms with Crippen LogP contribution in [0.2, 0.25) is 5.02 Å². The van der Waals surface area contributed by atoms with Crippen molar-refractivity contribution in [3.05, 3.63) is 106 Å². The molecule has 5 rings (SSSR count). The van der Waals surface area contributed by atoms with E-state index in [-0.39, 0.29) is 19.4 Å². The van der Waals surface area contributed by atoms with Gasteiger partial charge in [0.1, 0.15) is 6.61 Å². The number of benzene rings is 3. The number of hydrogen-bond acceptors (Lipinski definition) is 5. The third kappa shape index (κ3) is 5.25. The topological polar surface area (TPSA) is 85.9 Å². The number of fused-ring (bicyclic) bond motifs is 1. The van der Waals surface area contributed by atoms with Gasteiger partial charge in [0, 0.05) is 10.7 Å². The van der Waals surface area contributed by atoms with Crippen molar-refractivity contribution < 1.29 is 23.8 Å². The van der Waals surface area contributed by atoms with Crippen LogP contribution in [-0.4, -0.2) is 18.8 Å². The highest BCUT2D eigenvalue weighted by Gasteiger charge is 2.33. The molecule has 0 aromatic heterocycles. The zero-order valence-electron chi connectivity index (χ0n) is 18.8. The summed E-state index contributed by atoms with van der Waals surface area (Å²) in [7, 11) is 0. The van der Waals surface area contributed by atoms with Crippen LogP contribution in [0.3, 0.4) is 0 Å². The zero-order chi connectivity index (χ0) is 24.2. The molecule has 0 bridgehead atoms. The number of ether oxygens (including phenoxy) is 3. The summed E-state index contributed by atoms with van der Waals surface area (Å²) in [5.74, 6) is 0.894. The predicted molar refractivity (Wildman–Crippen MR) is 130 cm³/mol. The Morgan fingerprint density at radius 1 is 0.943 bits per heavy atom. The summed E-state index contributed by atoms with van der Waals surface area (Å²) in [5, 5.41) is 6.25. The van der Waals surface area contributed by atoms with Gasteiger partial charge in [-0.3, -0.25) is 0 Å². The van der Waals surface area contributed by atoms with E-state index in [1.165, 1.54) is 0 Å². The first-order valence-electron chi connectivity index (χ1n) is 11.2. The molecule has 0 saturated heterocycles. The number of esters is 1. The van der Waals surface area contributed by atoms with Crippen LogP contribution in [-0.2, 0) is 22.6 Å². The van der Waals surface area contributed by atoms with Crippen molar-refractivity contribution in [3.8, 4) is 11.5 Å². The maximum absolute atomic E-state index is 13.4. The predicted octanol–water partition coefficient (Wildman–Crippen LogP) is 5.05. The van der Waals surface area contributed by atoms with Crippen molar-refractivity contribution in [1.82, 2.24) is 10.6 Å². The van der Waals surface area contributed by atoms with Crippen molar-refractivity contribution in [1.29, 1.82) is 0 Å². The van der Waals surface area contributed by atoms with E-state index in [1.807, 2.05) is 48.5 Å². The van der Waals surface area contributed by atoms with Crippen LogP contribution in [0.4, 0.5) is 4.79 Å². The Bertz CT molecular complexity index is 1270. The van der Waals surface area contributed by atoms with Crippen molar-refractivity contribution in [3.63, 3.8) is 0 Å². The van der Waals surface area contributed by atoms with Gasteiger partial charge in [-0.15, -0.1) is 0 Å². The number of hydrogen-bond donors (Lipinski definition) is 2. The molecule has 3 aromatic rings. The number of carbonyl (C=O) groups excluding carboxylic acids is 2. The summed E-state index contributed by atoms with van der Waals surface area (Å²) < 4.78 is 16.5. The minimum atomic E-state index is -0.670. The Balaban J connectivity index is 1.44. The van der Waals surface area contributed by atoms with Crippen LogP contribution >= 0.6 is 11.6 Å². The molecule has 0 radical (unpaired) electrons. The number of rotatable bonds is 7. The molecule has 35 heavy (non-hydrogen) atoms.